The molecule has 1 unspecified atom stereocenters. The lowest BCUT2D eigenvalue weighted by Gasteiger charge is -2.30. The average molecular weight is 214 g/mol. The summed E-state index contributed by atoms with van der Waals surface area (Å²) in [6.07, 6.45) is 0.938. The molecule has 0 aromatic rings. The summed E-state index contributed by atoms with van der Waals surface area (Å²) < 4.78 is 4.46. The maximum atomic E-state index is 11.0. The van der Waals surface area contributed by atoms with Crippen molar-refractivity contribution in [2.75, 3.05) is 33.7 Å². The summed E-state index contributed by atoms with van der Waals surface area (Å²) in [4.78, 5) is 26.0. The van der Waals surface area contributed by atoms with Crippen molar-refractivity contribution in [3.05, 3.63) is 0 Å². The second kappa shape index (κ2) is 5.23. The van der Waals surface area contributed by atoms with Crippen molar-refractivity contribution in [3.8, 4) is 0 Å². The van der Waals surface area contributed by atoms with Crippen molar-refractivity contribution in [1.29, 1.82) is 0 Å². The Morgan fingerprint density at radius 3 is 2.33 bits per heavy atom. The fourth-order valence-corrected chi connectivity index (χ4v) is 1.52. The van der Waals surface area contributed by atoms with Crippen LogP contribution in [0.4, 0.5) is 0 Å². The Morgan fingerprint density at radius 2 is 1.87 bits per heavy atom. The van der Waals surface area contributed by atoms with Gasteiger partial charge in [0, 0.05) is 6.04 Å². The summed E-state index contributed by atoms with van der Waals surface area (Å²) in [6.45, 7) is 3.41. The van der Waals surface area contributed by atoms with Crippen LogP contribution in [0.15, 0.2) is 0 Å². The van der Waals surface area contributed by atoms with Gasteiger partial charge in [0.2, 0.25) is 0 Å². The maximum absolute atomic E-state index is 11.0. The number of ether oxygens (including phenoxy) is 1. The molecule has 1 rings (SSSR count). The summed E-state index contributed by atoms with van der Waals surface area (Å²) in [5.74, 6) is -0.883. The topological polar surface area (TPSA) is 49.9 Å². The molecule has 1 saturated heterocycles. The first kappa shape index (κ1) is 12.1. The zero-order valence-electron chi connectivity index (χ0n) is 9.52. The van der Waals surface area contributed by atoms with Gasteiger partial charge in [0.15, 0.2) is 0 Å². The van der Waals surface area contributed by atoms with E-state index in [0.29, 0.717) is 0 Å². The van der Waals surface area contributed by atoms with Gasteiger partial charge in [-0.25, -0.2) is 0 Å². The molecule has 0 aromatic heterocycles. The molecule has 1 heterocycles. The molecule has 1 atom stereocenters. The highest BCUT2D eigenvalue weighted by Crippen LogP contribution is 2.08. The predicted molar refractivity (Wildman–Crippen MR) is 55.3 cm³/mol. The second-order valence-corrected chi connectivity index (χ2v) is 4.19. The van der Waals surface area contributed by atoms with Crippen LogP contribution in [-0.2, 0) is 14.3 Å². The van der Waals surface area contributed by atoms with E-state index in [0.717, 1.165) is 13.0 Å². The third-order valence-corrected chi connectivity index (χ3v) is 2.51. The van der Waals surface area contributed by atoms with Crippen LogP contribution in [-0.4, -0.2) is 61.5 Å². The number of hydrogen-bond acceptors (Lipinski definition) is 5. The quantitative estimate of drug-likeness (QED) is 0.475. The number of carbonyl (C=O) groups excluding carboxylic acids is 2. The van der Waals surface area contributed by atoms with Crippen LogP contribution in [0.5, 0.6) is 0 Å². The molecule has 5 nitrogen and oxygen atoms in total. The minimum Gasteiger partial charge on any atom is -0.391 e. The molecule has 0 aliphatic carbocycles. The number of morpholine rings is 1. The molecule has 0 N–H and O–H groups in total. The normalized spacial score (nSPS) is 20.5. The number of hydrogen-bond donors (Lipinski definition) is 0. The summed E-state index contributed by atoms with van der Waals surface area (Å²) in [5.41, 5.74) is 0. The first-order valence-corrected chi connectivity index (χ1v) is 5.11. The van der Waals surface area contributed by atoms with E-state index >= 15 is 0 Å². The van der Waals surface area contributed by atoms with Gasteiger partial charge >= 0.3 is 11.9 Å². The molecule has 1 aliphatic rings. The molecule has 86 valence electrons. The molecular formula is C10H18N2O3. The van der Waals surface area contributed by atoms with Gasteiger partial charge in [0.1, 0.15) is 0 Å². The Bertz CT molecular complexity index is 237. The van der Waals surface area contributed by atoms with Crippen LogP contribution in [0.1, 0.15) is 13.3 Å². The molecular weight excluding hydrogens is 196 g/mol. The first-order chi connectivity index (χ1) is 6.99. The molecule has 0 bridgehead atoms. The van der Waals surface area contributed by atoms with Crippen LogP contribution >= 0.6 is 0 Å². The van der Waals surface area contributed by atoms with Gasteiger partial charge in [-0.15, -0.1) is 0 Å². The number of cyclic esters (lactones) is 2. The van der Waals surface area contributed by atoms with E-state index in [4.69, 9.17) is 0 Å². The van der Waals surface area contributed by atoms with Crippen molar-refractivity contribution in [3.63, 3.8) is 0 Å². The van der Waals surface area contributed by atoms with Crippen LogP contribution in [0, 0.1) is 0 Å². The Morgan fingerprint density at radius 1 is 1.33 bits per heavy atom. The van der Waals surface area contributed by atoms with Gasteiger partial charge in [0.25, 0.3) is 0 Å². The lowest BCUT2D eigenvalue weighted by Crippen LogP contribution is -2.47. The summed E-state index contributed by atoms with van der Waals surface area (Å²) in [6, 6.07) is 0.226. The van der Waals surface area contributed by atoms with Gasteiger partial charge in [-0.2, -0.15) is 0 Å². The van der Waals surface area contributed by atoms with E-state index in [1.54, 1.807) is 0 Å². The predicted octanol–water partition coefficient (Wildman–Crippen LogP) is -0.288. The minimum atomic E-state index is -0.442. The Balaban J connectivity index is 2.41. The summed E-state index contributed by atoms with van der Waals surface area (Å²) in [5, 5.41) is 0. The fourth-order valence-electron chi connectivity index (χ4n) is 1.52. The Kier molecular flexibility index (Phi) is 4.23. The molecule has 0 spiro atoms. The standard InChI is InChI=1S/C10H18N2O3/c1-8(4-5-11(2)3)12-6-9(13)15-10(14)7-12/h8H,4-7H2,1-3H3. The average Bonchev–Trinajstić information content (AvgIpc) is 2.12. The fraction of sp³-hybridized carbons (Fsp3) is 0.800. The minimum absolute atomic E-state index is 0.223. The van der Waals surface area contributed by atoms with Crippen LogP contribution in [0.3, 0.4) is 0 Å². The van der Waals surface area contributed by atoms with E-state index in [1.165, 1.54) is 0 Å². The molecule has 5 heteroatoms. The molecule has 0 aromatic carbocycles. The molecule has 0 saturated carbocycles. The van der Waals surface area contributed by atoms with Gasteiger partial charge in [0.05, 0.1) is 13.1 Å². The highest BCUT2D eigenvalue weighted by molar-refractivity contribution is 5.90. The van der Waals surface area contributed by atoms with E-state index in [2.05, 4.69) is 9.64 Å². The van der Waals surface area contributed by atoms with Crippen LogP contribution < -0.4 is 0 Å². The summed E-state index contributed by atoms with van der Waals surface area (Å²) in [7, 11) is 4.00. The molecule has 15 heavy (non-hydrogen) atoms. The molecule has 0 radical (unpaired) electrons. The molecule has 1 fully saturated rings. The largest absolute Gasteiger partial charge is 0.391 e. The smallest absolute Gasteiger partial charge is 0.327 e. The van der Waals surface area contributed by atoms with Gasteiger partial charge in [-0.3, -0.25) is 14.5 Å². The third-order valence-electron chi connectivity index (χ3n) is 2.51. The van der Waals surface area contributed by atoms with Gasteiger partial charge in [-0.05, 0) is 34.0 Å². The molecule has 0 amide bonds. The van der Waals surface area contributed by atoms with E-state index in [1.807, 2.05) is 25.9 Å². The zero-order chi connectivity index (χ0) is 11.4. The van der Waals surface area contributed by atoms with Crippen molar-refractivity contribution < 1.29 is 14.3 Å². The SMILES string of the molecule is CC(CCN(C)C)N1CC(=O)OC(=O)C1. The third kappa shape index (κ3) is 3.97. The van der Waals surface area contributed by atoms with Gasteiger partial charge < -0.3 is 9.64 Å². The van der Waals surface area contributed by atoms with Crippen molar-refractivity contribution in [2.45, 2.75) is 19.4 Å². The van der Waals surface area contributed by atoms with E-state index in [-0.39, 0.29) is 19.1 Å². The first-order valence-electron chi connectivity index (χ1n) is 5.11. The lowest BCUT2D eigenvalue weighted by atomic mass is 10.2. The number of rotatable bonds is 4. The Labute approximate surface area is 90.0 Å². The number of esters is 2. The van der Waals surface area contributed by atoms with Crippen LogP contribution in [0.25, 0.3) is 0 Å². The van der Waals surface area contributed by atoms with Gasteiger partial charge in [-0.1, -0.05) is 0 Å². The maximum Gasteiger partial charge on any atom is 0.327 e. The Hall–Kier alpha value is -0.940. The highest BCUT2D eigenvalue weighted by Gasteiger charge is 2.27. The number of carbonyl (C=O) groups is 2. The van der Waals surface area contributed by atoms with E-state index < -0.39 is 11.9 Å². The lowest BCUT2D eigenvalue weighted by molar-refractivity contribution is -0.167. The van der Waals surface area contributed by atoms with E-state index in [9.17, 15) is 9.59 Å². The van der Waals surface area contributed by atoms with Crippen molar-refractivity contribution in [2.24, 2.45) is 0 Å². The van der Waals surface area contributed by atoms with Crippen LogP contribution in [0.2, 0.25) is 0 Å². The van der Waals surface area contributed by atoms with Crippen molar-refractivity contribution >= 4 is 11.9 Å². The molecule has 1 aliphatic heterocycles. The second-order valence-electron chi connectivity index (χ2n) is 4.19. The number of nitrogens with zero attached hydrogens (tertiary/aromatic N) is 2. The zero-order valence-corrected chi connectivity index (χ0v) is 9.52. The monoisotopic (exact) mass is 214 g/mol. The summed E-state index contributed by atoms with van der Waals surface area (Å²) >= 11 is 0. The highest BCUT2D eigenvalue weighted by atomic mass is 16.6. The van der Waals surface area contributed by atoms with Crippen molar-refractivity contribution in [1.82, 2.24) is 9.80 Å².